The Balaban J connectivity index is 2.13. The summed E-state index contributed by atoms with van der Waals surface area (Å²) in [6.07, 6.45) is 0. The summed E-state index contributed by atoms with van der Waals surface area (Å²) in [5, 5.41) is 4.44. The van der Waals surface area contributed by atoms with Crippen LogP contribution in [-0.2, 0) is 10.0 Å². The summed E-state index contributed by atoms with van der Waals surface area (Å²) in [6, 6.07) is 9.18. The quantitative estimate of drug-likeness (QED) is 0.709. The molecule has 0 atom stereocenters. The Hall–Kier alpha value is -2.65. The van der Waals surface area contributed by atoms with Crippen LogP contribution in [0.2, 0.25) is 0 Å². The van der Waals surface area contributed by atoms with Gasteiger partial charge in [-0.05, 0) is 24.3 Å². The van der Waals surface area contributed by atoms with Crippen molar-refractivity contribution in [1.82, 2.24) is 9.55 Å². The van der Waals surface area contributed by atoms with E-state index in [1.54, 1.807) is 24.3 Å². The van der Waals surface area contributed by atoms with Gasteiger partial charge in [0, 0.05) is 0 Å². The third-order valence-electron chi connectivity index (χ3n) is 2.86. The van der Waals surface area contributed by atoms with E-state index < -0.39 is 21.0 Å². The van der Waals surface area contributed by atoms with Gasteiger partial charge in [-0.25, -0.2) is 23.1 Å². The number of furan rings is 1. The molecule has 0 saturated carbocycles. The lowest BCUT2D eigenvalue weighted by Gasteiger charge is -2.02. The van der Waals surface area contributed by atoms with Gasteiger partial charge in [-0.3, -0.25) is 4.79 Å². The minimum Gasteiger partial charge on any atom is -0.438 e. The molecule has 0 saturated heterocycles. The van der Waals surface area contributed by atoms with Gasteiger partial charge in [0.1, 0.15) is 0 Å². The molecule has 0 amide bonds. The van der Waals surface area contributed by atoms with Gasteiger partial charge in [0.05, 0.1) is 11.0 Å². The molecule has 0 aliphatic heterocycles. The van der Waals surface area contributed by atoms with Gasteiger partial charge in [-0.2, -0.15) is 0 Å². The second kappa shape index (κ2) is 4.43. The van der Waals surface area contributed by atoms with E-state index in [1.807, 2.05) is 0 Å². The maximum Gasteiger partial charge on any atom is 0.300 e. The van der Waals surface area contributed by atoms with Crippen LogP contribution < -0.4 is 10.9 Å². The molecule has 4 N–H and O–H groups in total. The van der Waals surface area contributed by atoms with Crippen molar-refractivity contribution >= 4 is 32.9 Å². The normalized spacial score (nSPS) is 11.9. The maximum absolute atomic E-state index is 12.4. The predicted octanol–water partition coefficient (Wildman–Crippen LogP) is 0.547. The number of para-hydroxylation sites is 2. The van der Waals surface area contributed by atoms with Crippen LogP contribution in [0.25, 0.3) is 11.0 Å². The number of nitrogen functional groups attached to an aromatic ring is 1. The van der Waals surface area contributed by atoms with E-state index in [2.05, 4.69) is 4.98 Å². The van der Waals surface area contributed by atoms with Gasteiger partial charge in [0.15, 0.2) is 5.76 Å². The SMILES string of the molecule is Nc1nc2ccccc2n1C(=O)c1ccc(S(N)(=O)=O)o1. The van der Waals surface area contributed by atoms with Crippen molar-refractivity contribution in [3.8, 4) is 0 Å². The number of sulfonamides is 1. The fraction of sp³-hybridized carbons (Fsp3) is 0. The number of hydrogen-bond acceptors (Lipinski definition) is 6. The Morgan fingerprint density at radius 3 is 2.57 bits per heavy atom. The first-order chi connectivity index (χ1) is 9.88. The first-order valence-corrected chi connectivity index (χ1v) is 7.33. The van der Waals surface area contributed by atoms with E-state index in [9.17, 15) is 13.2 Å². The lowest BCUT2D eigenvalue weighted by atomic mass is 10.3. The van der Waals surface area contributed by atoms with E-state index in [4.69, 9.17) is 15.3 Å². The first-order valence-electron chi connectivity index (χ1n) is 5.78. The smallest absolute Gasteiger partial charge is 0.300 e. The number of carbonyl (C=O) groups is 1. The number of carbonyl (C=O) groups excluding carboxylic acids is 1. The van der Waals surface area contributed by atoms with E-state index in [-0.39, 0.29) is 11.7 Å². The Kier molecular flexibility index (Phi) is 2.81. The fourth-order valence-electron chi connectivity index (χ4n) is 1.96. The van der Waals surface area contributed by atoms with Crippen molar-refractivity contribution in [2.45, 2.75) is 5.09 Å². The van der Waals surface area contributed by atoms with Crippen LogP contribution >= 0.6 is 0 Å². The molecular weight excluding hydrogens is 296 g/mol. The number of benzene rings is 1. The number of primary sulfonamides is 1. The van der Waals surface area contributed by atoms with Crippen molar-refractivity contribution in [3.63, 3.8) is 0 Å². The van der Waals surface area contributed by atoms with E-state index in [1.165, 1.54) is 6.07 Å². The predicted molar refractivity (Wildman–Crippen MR) is 74.0 cm³/mol. The molecular formula is C12H10N4O4S. The monoisotopic (exact) mass is 306 g/mol. The molecule has 0 aliphatic carbocycles. The molecule has 2 aromatic heterocycles. The Morgan fingerprint density at radius 1 is 1.19 bits per heavy atom. The van der Waals surface area contributed by atoms with Crippen LogP contribution in [0.5, 0.6) is 0 Å². The van der Waals surface area contributed by atoms with Gasteiger partial charge in [-0.1, -0.05) is 12.1 Å². The molecule has 0 radical (unpaired) electrons. The summed E-state index contributed by atoms with van der Waals surface area (Å²) >= 11 is 0. The molecule has 0 aliphatic rings. The van der Waals surface area contributed by atoms with Gasteiger partial charge in [0.25, 0.3) is 10.0 Å². The third kappa shape index (κ3) is 2.18. The summed E-state index contributed by atoms with van der Waals surface area (Å²) in [5.41, 5.74) is 6.77. The first kappa shape index (κ1) is 13.3. The second-order valence-corrected chi connectivity index (χ2v) is 5.76. The Morgan fingerprint density at radius 2 is 1.90 bits per heavy atom. The zero-order valence-electron chi connectivity index (χ0n) is 10.6. The highest BCUT2D eigenvalue weighted by molar-refractivity contribution is 7.89. The number of imidazole rings is 1. The molecule has 2 heterocycles. The number of hydrogen-bond donors (Lipinski definition) is 2. The van der Waals surface area contributed by atoms with Gasteiger partial charge in [-0.15, -0.1) is 0 Å². The van der Waals surface area contributed by atoms with Gasteiger partial charge in [0.2, 0.25) is 11.0 Å². The standard InChI is InChI=1S/C12H10N4O4S/c13-12-15-7-3-1-2-4-8(7)16(12)11(17)9-5-6-10(20-9)21(14,18)19/h1-6H,(H2,13,15)(H2,14,18,19). The van der Waals surface area contributed by atoms with E-state index in [0.717, 1.165) is 10.6 Å². The molecule has 8 nitrogen and oxygen atoms in total. The largest absolute Gasteiger partial charge is 0.438 e. The van der Waals surface area contributed by atoms with Crippen molar-refractivity contribution in [2.24, 2.45) is 5.14 Å². The summed E-state index contributed by atoms with van der Waals surface area (Å²) in [7, 11) is -4.01. The molecule has 0 spiro atoms. The third-order valence-corrected chi connectivity index (χ3v) is 3.64. The molecule has 3 rings (SSSR count). The minimum absolute atomic E-state index is 0.0187. The Labute approximate surface area is 119 Å². The average molecular weight is 306 g/mol. The second-order valence-electron chi connectivity index (χ2n) is 4.26. The molecule has 1 aromatic carbocycles. The summed E-state index contributed by atoms with van der Waals surface area (Å²) in [4.78, 5) is 16.4. The highest BCUT2D eigenvalue weighted by Crippen LogP contribution is 2.21. The zero-order chi connectivity index (χ0) is 15.2. The van der Waals surface area contributed by atoms with Crippen LogP contribution in [0.15, 0.2) is 45.9 Å². The summed E-state index contributed by atoms with van der Waals surface area (Å²) < 4.78 is 28.4. The number of rotatable bonds is 2. The molecule has 108 valence electrons. The molecule has 0 bridgehead atoms. The topological polar surface area (TPSA) is 134 Å². The number of aromatic nitrogens is 2. The van der Waals surface area contributed by atoms with Gasteiger partial charge < -0.3 is 10.2 Å². The fourth-order valence-corrected chi connectivity index (χ4v) is 2.42. The number of anilines is 1. The maximum atomic E-state index is 12.4. The zero-order valence-corrected chi connectivity index (χ0v) is 11.4. The number of fused-ring (bicyclic) bond motifs is 1. The van der Waals surface area contributed by atoms with Crippen molar-refractivity contribution in [3.05, 3.63) is 42.2 Å². The van der Waals surface area contributed by atoms with Crippen LogP contribution in [0, 0.1) is 0 Å². The van der Waals surface area contributed by atoms with Crippen molar-refractivity contribution < 1.29 is 17.6 Å². The van der Waals surface area contributed by atoms with Crippen LogP contribution in [0.1, 0.15) is 10.6 Å². The van der Waals surface area contributed by atoms with Crippen LogP contribution in [0.4, 0.5) is 5.95 Å². The number of nitrogens with two attached hydrogens (primary N) is 2. The molecule has 0 unspecified atom stereocenters. The molecule has 21 heavy (non-hydrogen) atoms. The van der Waals surface area contributed by atoms with E-state index in [0.29, 0.717) is 11.0 Å². The van der Waals surface area contributed by atoms with Gasteiger partial charge >= 0.3 is 5.91 Å². The highest BCUT2D eigenvalue weighted by Gasteiger charge is 2.22. The van der Waals surface area contributed by atoms with Crippen LogP contribution in [-0.4, -0.2) is 23.9 Å². The van der Waals surface area contributed by atoms with E-state index >= 15 is 0 Å². The lowest BCUT2D eigenvalue weighted by Crippen LogP contribution is -2.14. The number of nitrogens with zero attached hydrogens (tertiary/aromatic N) is 2. The average Bonchev–Trinajstić information content (AvgIpc) is 3.00. The minimum atomic E-state index is -4.01. The Bertz CT molecular complexity index is 955. The molecule has 3 aromatic rings. The lowest BCUT2D eigenvalue weighted by molar-refractivity contribution is 0.0934. The summed E-state index contributed by atoms with van der Waals surface area (Å²) in [5.74, 6) is -0.847. The highest BCUT2D eigenvalue weighted by atomic mass is 32.2. The van der Waals surface area contributed by atoms with Crippen molar-refractivity contribution in [2.75, 3.05) is 5.73 Å². The summed E-state index contributed by atoms with van der Waals surface area (Å²) in [6.45, 7) is 0. The molecule has 0 fully saturated rings. The van der Waals surface area contributed by atoms with Crippen molar-refractivity contribution in [1.29, 1.82) is 0 Å². The van der Waals surface area contributed by atoms with Crippen LogP contribution in [0.3, 0.4) is 0 Å². The molecule has 9 heteroatoms.